The van der Waals surface area contributed by atoms with Crippen LogP contribution in [0.3, 0.4) is 0 Å². The molecule has 0 aliphatic heterocycles. The molecule has 1 aromatic carbocycles. The Kier molecular flexibility index (Phi) is 7.53. The van der Waals surface area contributed by atoms with Crippen LogP contribution in [0.15, 0.2) is 29.2 Å². The summed E-state index contributed by atoms with van der Waals surface area (Å²) in [5.74, 6) is -0.808. The Bertz CT molecular complexity index is 719. The van der Waals surface area contributed by atoms with E-state index in [9.17, 15) is 18.0 Å². The van der Waals surface area contributed by atoms with Crippen molar-refractivity contribution in [3.8, 4) is 0 Å². The third-order valence-electron chi connectivity index (χ3n) is 3.76. The number of hydrogen-bond donors (Lipinski definition) is 4. The Morgan fingerprint density at radius 1 is 1.20 bits per heavy atom. The van der Waals surface area contributed by atoms with E-state index < -0.39 is 28.0 Å². The standard InChI is InChI=1S/C16H26N4O4S/c1-10(2)15(17)16(22)19-9-14(21)20-11(3)12-6-5-7-13(8-12)25(23,24)18-4/h5-8,10-11,15,18H,9,17H2,1-4H3,(H,19,22)(H,20,21)/t11?,15-/m0/s1. The highest BCUT2D eigenvalue weighted by Gasteiger charge is 2.19. The Labute approximate surface area is 148 Å². The molecule has 0 radical (unpaired) electrons. The number of nitrogens with one attached hydrogen (secondary N) is 3. The van der Waals surface area contributed by atoms with E-state index >= 15 is 0 Å². The topological polar surface area (TPSA) is 130 Å². The Hall–Kier alpha value is -1.97. The van der Waals surface area contributed by atoms with Gasteiger partial charge in [-0.15, -0.1) is 0 Å². The minimum Gasteiger partial charge on any atom is -0.348 e. The summed E-state index contributed by atoms with van der Waals surface area (Å²) >= 11 is 0. The zero-order chi connectivity index (χ0) is 19.2. The highest BCUT2D eigenvalue weighted by molar-refractivity contribution is 7.89. The van der Waals surface area contributed by atoms with Gasteiger partial charge in [-0.2, -0.15) is 0 Å². The van der Waals surface area contributed by atoms with E-state index in [1.807, 2.05) is 13.8 Å². The SMILES string of the molecule is CNS(=O)(=O)c1cccc(C(C)NC(=O)CNC(=O)[C@@H](N)C(C)C)c1. The fourth-order valence-electron chi connectivity index (χ4n) is 2.03. The molecule has 5 N–H and O–H groups in total. The van der Waals surface area contributed by atoms with Crippen molar-refractivity contribution >= 4 is 21.8 Å². The second-order valence-corrected chi connectivity index (χ2v) is 7.94. The average molecular weight is 370 g/mol. The van der Waals surface area contributed by atoms with Gasteiger partial charge in [-0.05, 0) is 37.6 Å². The van der Waals surface area contributed by atoms with Gasteiger partial charge in [-0.3, -0.25) is 9.59 Å². The quantitative estimate of drug-likeness (QED) is 0.506. The summed E-state index contributed by atoms with van der Waals surface area (Å²) in [6.07, 6.45) is 0. The summed E-state index contributed by atoms with van der Waals surface area (Å²) in [7, 11) is -2.22. The maximum Gasteiger partial charge on any atom is 0.240 e. The van der Waals surface area contributed by atoms with Crippen LogP contribution in [-0.2, 0) is 19.6 Å². The molecule has 0 fully saturated rings. The van der Waals surface area contributed by atoms with E-state index in [2.05, 4.69) is 15.4 Å². The van der Waals surface area contributed by atoms with E-state index in [1.54, 1.807) is 19.1 Å². The van der Waals surface area contributed by atoms with Crippen molar-refractivity contribution in [1.82, 2.24) is 15.4 Å². The number of hydrogen-bond acceptors (Lipinski definition) is 5. The second-order valence-electron chi connectivity index (χ2n) is 6.06. The van der Waals surface area contributed by atoms with E-state index in [0.29, 0.717) is 5.56 Å². The molecule has 0 spiro atoms. The molecule has 0 aromatic heterocycles. The van der Waals surface area contributed by atoms with Crippen molar-refractivity contribution in [2.75, 3.05) is 13.6 Å². The van der Waals surface area contributed by atoms with Crippen molar-refractivity contribution in [1.29, 1.82) is 0 Å². The summed E-state index contributed by atoms with van der Waals surface area (Å²) in [6, 6.07) is 5.18. The lowest BCUT2D eigenvalue weighted by Crippen LogP contribution is -2.47. The molecule has 0 bridgehead atoms. The molecular formula is C16H26N4O4S. The number of amides is 2. The molecule has 1 aromatic rings. The van der Waals surface area contributed by atoms with Gasteiger partial charge >= 0.3 is 0 Å². The predicted octanol–water partition coefficient (Wildman–Crippen LogP) is -0.129. The molecule has 1 unspecified atom stereocenters. The van der Waals surface area contributed by atoms with Crippen LogP contribution < -0.4 is 21.1 Å². The van der Waals surface area contributed by atoms with Gasteiger partial charge < -0.3 is 16.4 Å². The van der Waals surface area contributed by atoms with E-state index in [4.69, 9.17) is 5.73 Å². The monoisotopic (exact) mass is 370 g/mol. The summed E-state index contributed by atoms with van der Waals surface area (Å²) < 4.78 is 25.9. The lowest BCUT2D eigenvalue weighted by molar-refractivity contribution is -0.127. The van der Waals surface area contributed by atoms with Crippen LogP contribution >= 0.6 is 0 Å². The van der Waals surface area contributed by atoms with Crippen LogP contribution in [0.1, 0.15) is 32.4 Å². The number of sulfonamides is 1. The Balaban J connectivity index is 2.67. The van der Waals surface area contributed by atoms with Crippen molar-refractivity contribution in [2.45, 2.75) is 37.8 Å². The van der Waals surface area contributed by atoms with Crippen LogP contribution in [0.25, 0.3) is 0 Å². The zero-order valence-electron chi connectivity index (χ0n) is 14.9. The van der Waals surface area contributed by atoms with Crippen LogP contribution in [0, 0.1) is 5.92 Å². The molecule has 0 heterocycles. The van der Waals surface area contributed by atoms with Gasteiger partial charge in [0.05, 0.1) is 23.5 Å². The molecule has 9 heteroatoms. The van der Waals surface area contributed by atoms with Gasteiger partial charge in [-0.1, -0.05) is 26.0 Å². The van der Waals surface area contributed by atoms with Crippen molar-refractivity contribution in [2.24, 2.45) is 11.7 Å². The Morgan fingerprint density at radius 3 is 2.40 bits per heavy atom. The fourth-order valence-corrected chi connectivity index (χ4v) is 2.82. The van der Waals surface area contributed by atoms with Crippen LogP contribution in [-0.4, -0.2) is 39.9 Å². The summed E-state index contributed by atoms with van der Waals surface area (Å²) in [4.78, 5) is 23.8. The lowest BCUT2D eigenvalue weighted by Gasteiger charge is -2.17. The van der Waals surface area contributed by atoms with Gasteiger partial charge in [0.1, 0.15) is 0 Å². The molecule has 25 heavy (non-hydrogen) atoms. The second kappa shape index (κ2) is 8.93. The zero-order valence-corrected chi connectivity index (χ0v) is 15.7. The van der Waals surface area contributed by atoms with Gasteiger partial charge in [0.2, 0.25) is 21.8 Å². The van der Waals surface area contributed by atoms with Crippen molar-refractivity contribution < 1.29 is 18.0 Å². The largest absolute Gasteiger partial charge is 0.348 e. The predicted molar refractivity (Wildman–Crippen MR) is 95.1 cm³/mol. The summed E-state index contributed by atoms with van der Waals surface area (Å²) in [6.45, 7) is 5.17. The maximum atomic E-state index is 12.0. The average Bonchev–Trinajstić information content (AvgIpc) is 2.58. The number of carbonyl (C=O) groups is 2. The van der Waals surface area contributed by atoms with E-state index in [0.717, 1.165) is 0 Å². The molecule has 140 valence electrons. The van der Waals surface area contributed by atoms with Gasteiger partial charge in [0.15, 0.2) is 0 Å². The minimum atomic E-state index is -3.56. The molecule has 0 aliphatic rings. The third kappa shape index (κ3) is 6.11. The number of benzene rings is 1. The van der Waals surface area contributed by atoms with Gasteiger partial charge in [0.25, 0.3) is 0 Å². The van der Waals surface area contributed by atoms with Crippen molar-refractivity contribution in [3.63, 3.8) is 0 Å². The van der Waals surface area contributed by atoms with Crippen LogP contribution in [0.4, 0.5) is 0 Å². The third-order valence-corrected chi connectivity index (χ3v) is 5.17. The maximum absolute atomic E-state index is 12.0. The molecule has 0 saturated heterocycles. The van der Waals surface area contributed by atoms with Gasteiger partial charge in [-0.25, -0.2) is 13.1 Å². The highest BCUT2D eigenvalue weighted by atomic mass is 32.2. The first kappa shape index (κ1) is 21.1. The molecule has 2 amide bonds. The van der Waals surface area contributed by atoms with Crippen LogP contribution in [0.5, 0.6) is 0 Å². The molecule has 1 rings (SSSR count). The summed E-state index contributed by atoms with van der Waals surface area (Å²) in [5, 5.41) is 5.19. The van der Waals surface area contributed by atoms with Crippen molar-refractivity contribution in [3.05, 3.63) is 29.8 Å². The summed E-state index contributed by atoms with van der Waals surface area (Å²) in [5.41, 5.74) is 6.34. The smallest absolute Gasteiger partial charge is 0.240 e. The molecule has 0 saturated carbocycles. The highest BCUT2D eigenvalue weighted by Crippen LogP contribution is 2.17. The number of nitrogens with two attached hydrogens (primary N) is 1. The first-order valence-corrected chi connectivity index (χ1v) is 9.43. The fraction of sp³-hybridized carbons (Fsp3) is 0.500. The Morgan fingerprint density at radius 2 is 1.84 bits per heavy atom. The van der Waals surface area contributed by atoms with Gasteiger partial charge in [0, 0.05) is 0 Å². The van der Waals surface area contributed by atoms with E-state index in [-0.39, 0.29) is 23.3 Å². The number of carbonyl (C=O) groups excluding carboxylic acids is 2. The molecule has 2 atom stereocenters. The molecule has 0 aliphatic carbocycles. The van der Waals surface area contributed by atoms with E-state index in [1.165, 1.54) is 19.2 Å². The normalized spacial score (nSPS) is 14.0. The number of rotatable bonds is 8. The first-order chi connectivity index (χ1) is 11.6. The van der Waals surface area contributed by atoms with Crippen LogP contribution in [0.2, 0.25) is 0 Å². The lowest BCUT2D eigenvalue weighted by atomic mass is 10.1. The first-order valence-electron chi connectivity index (χ1n) is 7.94. The molecule has 8 nitrogen and oxygen atoms in total. The minimum absolute atomic E-state index is 0.0288. The molecular weight excluding hydrogens is 344 g/mol.